The lowest BCUT2D eigenvalue weighted by atomic mass is 9.95. The molecule has 5 nitrogen and oxygen atoms in total. The van der Waals surface area contributed by atoms with Crippen LogP contribution in [0, 0.1) is 0 Å². The number of ether oxygens (including phenoxy) is 1. The van der Waals surface area contributed by atoms with Gasteiger partial charge in [0.1, 0.15) is 10.4 Å². The van der Waals surface area contributed by atoms with E-state index in [2.05, 4.69) is 16.3 Å². The van der Waals surface area contributed by atoms with Gasteiger partial charge in [-0.3, -0.25) is 5.10 Å². The van der Waals surface area contributed by atoms with Crippen molar-refractivity contribution in [1.29, 1.82) is 0 Å². The van der Waals surface area contributed by atoms with Crippen LogP contribution in [-0.2, 0) is 4.74 Å². The molecule has 0 spiro atoms. The number of amides is 1. The van der Waals surface area contributed by atoms with Gasteiger partial charge in [-0.05, 0) is 45.6 Å². The van der Waals surface area contributed by atoms with Gasteiger partial charge in [-0.15, -0.1) is 11.3 Å². The predicted octanol–water partition coefficient (Wildman–Crippen LogP) is 3.74. The number of aromatic amines is 1. The van der Waals surface area contributed by atoms with Crippen molar-refractivity contribution >= 4 is 27.6 Å². The van der Waals surface area contributed by atoms with E-state index in [1.807, 2.05) is 31.9 Å². The van der Waals surface area contributed by atoms with E-state index in [-0.39, 0.29) is 6.09 Å². The average Bonchev–Trinajstić information content (AvgIpc) is 2.97. The van der Waals surface area contributed by atoms with Crippen molar-refractivity contribution in [1.82, 2.24) is 15.1 Å². The summed E-state index contributed by atoms with van der Waals surface area (Å²) in [6, 6.07) is 2.22. The number of piperidine rings is 1. The lowest BCUT2D eigenvalue weighted by Crippen LogP contribution is -2.41. The highest BCUT2D eigenvalue weighted by Crippen LogP contribution is 2.35. The molecule has 1 amide bonds. The Hall–Kier alpha value is -1.56. The molecule has 6 heteroatoms. The number of carbonyl (C=O) groups is 1. The predicted molar refractivity (Wildman–Crippen MR) is 83.8 cm³/mol. The maximum Gasteiger partial charge on any atom is 0.410 e. The summed E-state index contributed by atoms with van der Waals surface area (Å²) >= 11 is 1.78. The topological polar surface area (TPSA) is 58.2 Å². The number of thiophene rings is 1. The first-order valence-corrected chi connectivity index (χ1v) is 8.15. The summed E-state index contributed by atoms with van der Waals surface area (Å²) in [7, 11) is 0. The summed E-state index contributed by atoms with van der Waals surface area (Å²) in [5.74, 6) is 0.537. The van der Waals surface area contributed by atoms with Crippen molar-refractivity contribution in [3.63, 3.8) is 0 Å². The molecule has 1 fully saturated rings. The molecule has 1 saturated heterocycles. The van der Waals surface area contributed by atoms with E-state index in [1.165, 1.54) is 10.3 Å². The molecule has 0 saturated carbocycles. The zero-order chi connectivity index (χ0) is 15.0. The van der Waals surface area contributed by atoms with Crippen LogP contribution in [-0.4, -0.2) is 39.9 Å². The molecule has 114 valence electrons. The summed E-state index contributed by atoms with van der Waals surface area (Å²) in [4.78, 5) is 16.4. The van der Waals surface area contributed by atoms with Gasteiger partial charge in [-0.2, -0.15) is 5.10 Å². The molecule has 2 aromatic rings. The van der Waals surface area contributed by atoms with Gasteiger partial charge in [0.05, 0.1) is 6.20 Å². The van der Waals surface area contributed by atoms with Crippen LogP contribution >= 0.6 is 11.3 Å². The summed E-state index contributed by atoms with van der Waals surface area (Å²) in [6.07, 6.45) is 3.67. The fourth-order valence-electron chi connectivity index (χ4n) is 2.64. The number of H-pyrrole nitrogens is 1. The van der Waals surface area contributed by atoms with Crippen LogP contribution in [0.2, 0.25) is 0 Å². The van der Waals surface area contributed by atoms with Crippen molar-refractivity contribution in [2.75, 3.05) is 13.1 Å². The van der Waals surface area contributed by atoms with Gasteiger partial charge in [0.25, 0.3) is 0 Å². The maximum atomic E-state index is 12.0. The molecule has 0 aliphatic carbocycles. The largest absolute Gasteiger partial charge is 0.444 e. The van der Waals surface area contributed by atoms with Gasteiger partial charge >= 0.3 is 6.09 Å². The van der Waals surface area contributed by atoms with Gasteiger partial charge in [0.15, 0.2) is 0 Å². The Labute approximate surface area is 128 Å². The summed E-state index contributed by atoms with van der Waals surface area (Å²) in [6.45, 7) is 7.24. The number of likely N-dealkylation sites (tertiary alicyclic amines) is 1. The van der Waals surface area contributed by atoms with Crippen LogP contribution in [0.25, 0.3) is 10.2 Å². The van der Waals surface area contributed by atoms with Crippen LogP contribution in [0.1, 0.15) is 44.4 Å². The molecule has 0 radical (unpaired) electrons. The molecule has 3 rings (SSSR count). The highest BCUT2D eigenvalue weighted by Gasteiger charge is 2.28. The second-order valence-electron chi connectivity index (χ2n) is 6.54. The van der Waals surface area contributed by atoms with Crippen LogP contribution in [0.15, 0.2) is 12.3 Å². The molecule has 1 aliphatic heterocycles. The summed E-state index contributed by atoms with van der Waals surface area (Å²) in [5.41, 5.74) is -0.423. The third-order valence-corrected chi connectivity index (χ3v) is 4.92. The molecule has 3 heterocycles. The second-order valence-corrected chi connectivity index (χ2v) is 7.63. The maximum absolute atomic E-state index is 12.0. The number of fused-ring (bicyclic) bond motifs is 1. The van der Waals surface area contributed by atoms with Crippen LogP contribution in [0.3, 0.4) is 0 Å². The minimum atomic E-state index is -0.423. The Bertz CT molecular complexity index is 604. The van der Waals surface area contributed by atoms with E-state index in [4.69, 9.17) is 4.74 Å². The Morgan fingerprint density at radius 3 is 2.76 bits per heavy atom. The molecule has 0 aromatic carbocycles. The summed E-state index contributed by atoms with van der Waals surface area (Å²) in [5, 5.41) is 8.23. The van der Waals surface area contributed by atoms with Crippen molar-refractivity contribution < 1.29 is 9.53 Å². The standard InChI is InChI=1S/C15H21N3O2S/c1-15(2,3)20-14(19)18-6-4-10(5-7-18)12-8-11-9-16-17-13(11)21-12/h8-10H,4-7H2,1-3H3,(H,16,17). The zero-order valence-corrected chi connectivity index (χ0v) is 13.5. The van der Waals surface area contributed by atoms with Crippen LogP contribution in [0.4, 0.5) is 4.79 Å². The Morgan fingerprint density at radius 2 is 2.14 bits per heavy atom. The highest BCUT2D eigenvalue weighted by atomic mass is 32.1. The fraction of sp³-hybridized carbons (Fsp3) is 0.600. The number of rotatable bonds is 1. The monoisotopic (exact) mass is 307 g/mol. The zero-order valence-electron chi connectivity index (χ0n) is 12.7. The van der Waals surface area contributed by atoms with Gasteiger partial charge < -0.3 is 9.64 Å². The third-order valence-electron chi connectivity index (χ3n) is 3.70. The van der Waals surface area contributed by atoms with Gasteiger partial charge in [0.2, 0.25) is 0 Å². The smallest absolute Gasteiger partial charge is 0.410 e. The normalized spacial score (nSPS) is 17.4. The van der Waals surface area contributed by atoms with Crippen LogP contribution < -0.4 is 0 Å². The Balaban J connectivity index is 1.60. The van der Waals surface area contributed by atoms with Crippen molar-refractivity contribution in [3.8, 4) is 0 Å². The molecule has 1 aliphatic rings. The number of nitrogens with zero attached hydrogens (tertiary/aromatic N) is 2. The first kappa shape index (κ1) is 14.4. The molecule has 0 bridgehead atoms. The Morgan fingerprint density at radius 1 is 1.43 bits per heavy atom. The first-order chi connectivity index (χ1) is 9.92. The quantitative estimate of drug-likeness (QED) is 0.873. The molecule has 0 unspecified atom stereocenters. The van der Waals surface area contributed by atoms with E-state index in [9.17, 15) is 4.79 Å². The number of carbonyl (C=O) groups excluding carboxylic acids is 1. The Kier molecular flexibility index (Phi) is 3.65. The molecular weight excluding hydrogens is 286 g/mol. The number of aromatic nitrogens is 2. The number of nitrogens with one attached hydrogen (secondary N) is 1. The molecule has 1 N–H and O–H groups in total. The third kappa shape index (κ3) is 3.20. The van der Waals surface area contributed by atoms with Gasteiger partial charge in [-0.1, -0.05) is 0 Å². The first-order valence-electron chi connectivity index (χ1n) is 7.33. The second kappa shape index (κ2) is 5.33. The van der Waals surface area contributed by atoms with Crippen molar-refractivity contribution in [2.45, 2.75) is 45.1 Å². The minimum Gasteiger partial charge on any atom is -0.444 e. The highest BCUT2D eigenvalue weighted by molar-refractivity contribution is 7.18. The van der Waals surface area contributed by atoms with Gasteiger partial charge in [0, 0.05) is 23.4 Å². The lowest BCUT2D eigenvalue weighted by molar-refractivity contribution is 0.0205. The van der Waals surface area contributed by atoms with E-state index < -0.39 is 5.60 Å². The van der Waals surface area contributed by atoms with E-state index in [1.54, 1.807) is 11.3 Å². The molecule has 2 aromatic heterocycles. The fourth-order valence-corrected chi connectivity index (χ4v) is 3.79. The average molecular weight is 307 g/mol. The van der Waals surface area contributed by atoms with E-state index >= 15 is 0 Å². The van der Waals surface area contributed by atoms with Crippen molar-refractivity contribution in [2.24, 2.45) is 0 Å². The number of hydrogen-bond donors (Lipinski definition) is 1. The number of hydrogen-bond acceptors (Lipinski definition) is 4. The van der Waals surface area contributed by atoms with Gasteiger partial charge in [-0.25, -0.2) is 4.79 Å². The van der Waals surface area contributed by atoms with Crippen LogP contribution in [0.5, 0.6) is 0 Å². The van der Waals surface area contributed by atoms with Crippen molar-refractivity contribution in [3.05, 3.63) is 17.1 Å². The molecule has 0 atom stereocenters. The van der Waals surface area contributed by atoms with E-state index in [0.717, 1.165) is 30.8 Å². The molecular formula is C15H21N3O2S. The minimum absolute atomic E-state index is 0.191. The lowest BCUT2D eigenvalue weighted by Gasteiger charge is -2.33. The SMILES string of the molecule is CC(C)(C)OC(=O)N1CCC(c2cc3cn[nH]c3s2)CC1. The van der Waals surface area contributed by atoms with E-state index in [0.29, 0.717) is 5.92 Å². The summed E-state index contributed by atoms with van der Waals surface area (Å²) < 4.78 is 5.43. The molecule has 21 heavy (non-hydrogen) atoms.